The van der Waals surface area contributed by atoms with Gasteiger partial charge in [0.15, 0.2) is 34.9 Å². The first kappa shape index (κ1) is 33.4. The van der Waals surface area contributed by atoms with E-state index in [-0.39, 0.29) is 0 Å². The first-order chi connectivity index (χ1) is 27.6. The van der Waals surface area contributed by atoms with Crippen LogP contribution in [0.1, 0.15) is 5.56 Å². The maximum Gasteiger partial charge on any atom is 0.164 e. The van der Waals surface area contributed by atoms with Gasteiger partial charge in [-0.05, 0) is 47.9 Å². The fourth-order valence-corrected chi connectivity index (χ4v) is 8.25. The Morgan fingerprint density at radius 2 is 0.679 bits per heavy atom. The van der Waals surface area contributed by atoms with Crippen molar-refractivity contribution in [1.29, 1.82) is 0 Å². The first-order valence-corrected chi connectivity index (χ1v) is 19.3. The molecule has 0 bridgehead atoms. The number of thiophene rings is 1. The van der Waals surface area contributed by atoms with Gasteiger partial charge in [0.25, 0.3) is 0 Å². The third-order valence-corrected chi connectivity index (χ3v) is 11.1. The smallest absolute Gasteiger partial charge is 0.164 e. The number of nitrogens with zero attached hydrogens (tertiary/aromatic N) is 6. The van der Waals surface area contributed by atoms with Crippen LogP contribution in [-0.4, -0.2) is 29.9 Å². The fourth-order valence-electron chi connectivity index (χ4n) is 7.11. The summed E-state index contributed by atoms with van der Waals surface area (Å²) in [4.78, 5) is 30.6. The van der Waals surface area contributed by atoms with Crippen molar-refractivity contribution in [1.82, 2.24) is 29.9 Å². The Morgan fingerprint density at radius 3 is 1.12 bits per heavy atom. The standard InChI is InChI=1S/C49H32N6S/c1-31-40(48-52-44(32-16-6-2-7-17-32)50-45(53-48)33-18-8-3-9-19-33)28-37(36-26-27-39-38-24-14-15-25-42(38)56-43(39)30-36)29-41(31)49-54-46(34-20-10-4-11-21-34)51-47(55-49)35-22-12-5-13-23-35/h2-30H,1H3. The molecule has 0 N–H and O–H groups in total. The molecule has 10 aromatic rings. The molecule has 7 aromatic carbocycles. The molecule has 0 aliphatic rings. The van der Waals surface area contributed by atoms with Crippen molar-refractivity contribution < 1.29 is 0 Å². The molecule has 0 saturated carbocycles. The molecule has 3 aromatic heterocycles. The van der Waals surface area contributed by atoms with Crippen molar-refractivity contribution in [3.05, 3.63) is 181 Å². The summed E-state index contributed by atoms with van der Waals surface area (Å²) in [6.45, 7) is 2.10. The Balaban J connectivity index is 1.24. The summed E-state index contributed by atoms with van der Waals surface area (Å²) in [5.74, 6) is 3.55. The lowest BCUT2D eigenvalue weighted by Gasteiger charge is -2.16. The van der Waals surface area contributed by atoms with Gasteiger partial charge < -0.3 is 0 Å². The monoisotopic (exact) mass is 736 g/mol. The van der Waals surface area contributed by atoms with Crippen LogP contribution in [0.5, 0.6) is 0 Å². The van der Waals surface area contributed by atoms with Crippen LogP contribution in [0.3, 0.4) is 0 Å². The minimum atomic E-state index is 0.571. The molecular weight excluding hydrogens is 705 g/mol. The average Bonchev–Trinajstić information content (AvgIpc) is 3.65. The highest BCUT2D eigenvalue weighted by Gasteiger charge is 2.21. The Morgan fingerprint density at radius 1 is 0.304 bits per heavy atom. The van der Waals surface area contributed by atoms with Crippen LogP contribution in [0, 0.1) is 6.92 Å². The highest BCUT2D eigenvalue weighted by Crippen LogP contribution is 2.40. The zero-order valence-corrected chi connectivity index (χ0v) is 31.2. The second-order valence-corrected chi connectivity index (χ2v) is 14.7. The zero-order valence-electron chi connectivity index (χ0n) is 30.3. The second kappa shape index (κ2) is 14.2. The summed E-state index contributed by atoms with van der Waals surface area (Å²) in [7, 11) is 0. The molecule has 3 heterocycles. The number of benzene rings is 7. The van der Waals surface area contributed by atoms with Gasteiger partial charge in [-0.3, -0.25) is 0 Å². The first-order valence-electron chi connectivity index (χ1n) is 18.5. The fraction of sp³-hybridized carbons (Fsp3) is 0.0204. The quantitative estimate of drug-likeness (QED) is 0.162. The Kier molecular flexibility index (Phi) is 8.46. The molecule has 56 heavy (non-hydrogen) atoms. The van der Waals surface area contributed by atoms with Crippen molar-refractivity contribution >= 4 is 31.5 Å². The number of aromatic nitrogens is 6. The molecule has 10 rings (SSSR count). The molecule has 264 valence electrons. The van der Waals surface area contributed by atoms with Gasteiger partial charge in [-0.1, -0.05) is 152 Å². The molecule has 0 amide bonds. The summed E-state index contributed by atoms with van der Waals surface area (Å²) >= 11 is 1.81. The molecular formula is C49H32N6S. The van der Waals surface area contributed by atoms with Crippen molar-refractivity contribution in [3.8, 4) is 79.5 Å². The lowest BCUT2D eigenvalue weighted by atomic mass is 9.93. The van der Waals surface area contributed by atoms with E-state index in [0.717, 1.165) is 50.1 Å². The third kappa shape index (κ3) is 6.30. The van der Waals surface area contributed by atoms with Crippen LogP contribution in [0.2, 0.25) is 0 Å². The minimum Gasteiger partial charge on any atom is -0.208 e. The molecule has 6 nitrogen and oxygen atoms in total. The molecule has 7 heteroatoms. The maximum atomic E-state index is 5.17. The average molecular weight is 737 g/mol. The van der Waals surface area contributed by atoms with Crippen LogP contribution in [0.4, 0.5) is 0 Å². The Labute approximate surface area is 328 Å². The van der Waals surface area contributed by atoms with Gasteiger partial charge in [-0.15, -0.1) is 11.3 Å². The van der Waals surface area contributed by atoms with E-state index in [9.17, 15) is 0 Å². The minimum absolute atomic E-state index is 0.571. The highest BCUT2D eigenvalue weighted by molar-refractivity contribution is 7.25. The normalized spacial score (nSPS) is 11.3. The van der Waals surface area contributed by atoms with Crippen molar-refractivity contribution in [2.45, 2.75) is 6.92 Å². The lowest BCUT2D eigenvalue weighted by molar-refractivity contribution is 1.06. The van der Waals surface area contributed by atoms with E-state index in [1.807, 2.05) is 133 Å². The zero-order chi connectivity index (χ0) is 37.4. The summed E-state index contributed by atoms with van der Waals surface area (Å²) in [5, 5.41) is 2.51. The predicted molar refractivity (Wildman–Crippen MR) is 229 cm³/mol. The van der Waals surface area contributed by atoms with Crippen molar-refractivity contribution in [3.63, 3.8) is 0 Å². The topological polar surface area (TPSA) is 77.3 Å². The summed E-state index contributed by atoms with van der Waals surface area (Å²) in [6, 6.07) is 60.0. The third-order valence-electron chi connectivity index (χ3n) is 10.0. The van der Waals surface area contributed by atoms with Crippen molar-refractivity contribution in [2.75, 3.05) is 0 Å². The van der Waals surface area contributed by atoms with E-state index < -0.39 is 0 Å². The molecule has 0 spiro atoms. The Bertz CT molecular complexity index is 2760. The summed E-state index contributed by atoms with van der Waals surface area (Å²) < 4.78 is 2.49. The van der Waals surface area contributed by atoms with Gasteiger partial charge in [0.2, 0.25) is 0 Å². The largest absolute Gasteiger partial charge is 0.208 e. The number of rotatable bonds is 7. The SMILES string of the molecule is Cc1c(-c2nc(-c3ccccc3)nc(-c3ccccc3)n2)cc(-c2ccc3c(c2)sc2ccccc23)cc1-c1nc(-c2ccccc2)nc(-c2ccccc2)n1. The van der Waals surface area contributed by atoms with Crippen LogP contribution < -0.4 is 0 Å². The van der Waals surface area contributed by atoms with Crippen LogP contribution in [0.25, 0.3) is 99.6 Å². The Hall–Kier alpha value is -7.22. The van der Waals surface area contributed by atoms with Gasteiger partial charge in [0.1, 0.15) is 0 Å². The van der Waals surface area contributed by atoms with E-state index in [4.69, 9.17) is 29.9 Å². The van der Waals surface area contributed by atoms with Crippen molar-refractivity contribution in [2.24, 2.45) is 0 Å². The van der Waals surface area contributed by atoms with Crippen LogP contribution in [-0.2, 0) is 0 Å². The van der Waals surface area contributed by atoms with Gasteiger partial charge >= 0.3 is 0 Å². The van der Waals surface area contributed by atoms with Crippen LogP contribution in [0.15, 0.2) is 176 Å². The number of hydrogen-bond acceptors (Lipinski definition) is 7. The van der Waals surface area contributed by atoms with E-state index in [1.165, 1.54) is 20.2 Å². The van der Waals surface area contributed by atoms with Gasteiger partial charge in [-0.2, -0.15) is 0 Å². The molecule has 0 aliphatic carbocycles. The second-order valence-electron chi connectivity index (χ2n) is 13.6. The van der Waals surface area contributed by atoms with Gasteiger partial charge in [-0.25, -0.2) is 29.9 Å². The van der Waals surface area contributed by atoms with Crippen LogP contribution >= 0.6 is 11.3 Å². The summed E-state index contributed by atoms with van der Waals surface area (Å²) in [5.41, 5.74) is 8.42. The molecule has 0 atom stereocenters. The predicted octanol–water partition coefficient (Wildman–Crippen LogP) is 12.4. The van der Waals surface area contributed by atoms with E-state index in [0.29, 0.717) is 34.9 Å². The maximum absolute atomic E-state index is 5.17. The molecule has 0 aliphatic heterocycles. The van der Waals surface area contributed by atoms with Gasteiger partial charge in [0, 0.05) is 53.6 Å². The van der Waals surface area contributed by atoms with E-state index >= 15 is 0 Å². The summed E-state index contributed by atoms with van der Waals surface area (Å²) in [6.07, 6.45) is 0. The number of fused-ring (bicyclic) bond motifs is 3. The molecule has 0 fully saturated rings. The highest BCUT2D eigenvalue weighted by atomic mass is 32.1. The van der Waals surface area contributed by atoms with E-state index in [2.05, 4.69) is 61.5 Å². The molecule has 0 unspecified atom stereocenters. The molecule has 0 radical (unpaired) electrons. The number of hydrogen-bond donors (Lipinski definition) is 0. The molecule has 0 saturated heterocycles. The lowest BCUT2D eigenvalue weighted by Crippen LogP contribution is -2.04. The van der Waals surface area contributed by atoms with Gasteiger partial charge in [0.05, 0.1) is 0 Å². The van der Waals surface area contributed by atoms with E-state index in [1.54, 1.807) is 0 Å².